The van der Waals surface area contributed by atoms with Crippen molar-refractivity contribution in [3.8, 4) is 11.3 Å². The van der Waals surface area contributed by atoms with Gasteiger partial charge in [-0.1, -0.05) is 56.3 Å². The second-order valence-electron chi connectivity index (χ2n) is 9.01. The Morgan fingerprint density at radius 3 is 2.13 bits per heavy atom. The number of nitrogens with one attached hydrogen (secondary N) is 2. The van der Waals surface area contributed by atoms with Gasteiger partial charge in [-0.3, -0.25) is 23.7 Å². The van der Waals surface area contributed by atoms with E-state index in [0.717, 1.165) is 4.57 Å². The number of carbonyl (C=O) groups is 3. The van der Waals surface area contributed by atoms with Gasteiger partial charge in [0.05, 0.1) is 18.2 Å². The number of halogens is 3. The van der Waals surface area contributed by atoms with Crippen LogP contribution in [0.2, 0.25) is 0 Å². The van der Waals surface area contributed by atoms with Crippen LogP contribution in [0.4, 0.5) is 24.5 Å². The van der Waals surface area contributed by atoms with Gasteiger partial charge in [-0.25, -0.2) is 0 Å². The average molecular weight is 529 g/mol. The van der Waals surface area contributed by atoms with Crippen LogP contribution in [0.3, 0.4) is 0 Å². The van der Waals surface area contributed by atoms with E-state index in [9.17, 15) is 32.3 Å². The number of nitrogens with two attached hydrogens (primary N) is 1. The number of anilines is 2. The molecule has 1 aromatic heterocycles. The molecule has 4 N–H and O–H groups in total. The number of benzene rings is 2. The summed E-state index contributed by atoms with van der Waals surface area (Å²) in [7, 11) is 0. The van der Waals surface area contributed by atoms with Crippen LogP contribution in [0.1, 0.15) is 19.4 Å². The largest absolute Gasteiger partial charge is 0.452 e. The molecular formula is C27H27F3N4O4. The monoisotopic (exact) mass is 528 g/mol. The summed E-state index contributed by atoms with van der Waals surface area (Å²) in [6, 6.07) is 16.3. The molecule has 0 saturated heterocycles. The van der Waals surface area contributed by atoms with Crippen LogP contribution in [0.25, 0.3) is 11.3 Å². The molecule has 2 amide bonds. The molecule has 1 atom stereocenters. The molecule has 0 fully saturated rings. The standard InChI is InChI=1S/C27H27F3N4O4/c1-16(2)24(25(37)27(28,29)30)33-23(36)15-34-21(18-6-4-3-5-7-18)13-12-20(26(34)38)32-22(35)14-17-8-10-19(31)11-9-17/h3-13,16,24H,14-15,31H2,1-2H3,(H,32,35)(H,33,36). The van der Waals surface area contributed by atoms with Crippen molar-refractivity contribution >= 4 is 29.0 Å². The lowest BCUT2D eigenvalue weighted by Gasteiger charge is -2.23. The van der Waals surface area contributed by atoms with E-state index in [4.69, 9.17) is 5.73 Å². The third kappa shape index (κ3) is 7.09. The molecule has 0 aliphatic carbocycles. The summed E-state index contributed by atoms with van der Waals surface area (Å²) in [4.78, 5) is 50.6. The molecule has 0 saturated carbocycles. The van der Waals surface area contributed by atoms with Gasteiger partial charge in [0.2, 0.25) is 11.8 Å². The van der Waals surface area contributed by atoms with Crippen LogP contribution in [-0.4, -0.2) is 34.4 Å². The van der Waals surface area contributed by atoms with Gasteiger partial charge < -0.3 is 16.4 Å². The molecule has 2 aromatic carbocycles. The smallest absolute Gasteiger partial charge is 0.399 e. The number of nitrogen functional groups attached to an aromatic ring is 1. The Bertz CT molecular complexity index is 1370. The van der Waals surface area contributed by atoms with Gasteiger partial charge >= 0.3 is 6.18 Å². The van der Waals surface area contributed by atoms with Gasteiger partial charge in [0.25, 0.3) is 11.3 Å². The Hall–Kier alpha value is -4.41. The first kappa shape index (κ1) is 28.2. The highest BCUT2D eigenvalue weighted by molar-refractivity contribution is 5.93. The Labute approximate surface area is 216 Å². The number of carbonyl (C=O) groups excluding carboxylic acids is 3. The molecular weight excluding hydrogens is 501 g/mol. The maximum absolute atomic E-state index is 13.3. The molecule has 0 aliphatic heterocycles. The molecule has 3 rings (SSSR count). The van der Waals surface area contributed by atoms with Crippen LogP contribution >= 0.6 is 0 Å². The number of Topliss-reactive ketones (excluding diaryl/α,β-unsaturated/α-hetero) is 1. The SMILES string of the molecule is CC(C)C(NC(=O)Cn1c(-c2ccccc2)ccc(NC(=O)Cc2ccc(N)cc2)c1=O)C(=O)C(F)(F)F. The Kier molecular flexibility index (Phi) is 8.72. The summed E-state index contributed by atoms with van der Waals surface area (Å²) in [6.07, 6.45) is -5.18. The van der Waals surface area contributed by atoms with E-state index in [2.05, 4.69) is 10.6 Å². The van der Waals surface area contributed by atoms with E-state index < -0.39 is 47.8 Å². The number of hydrogen-bond acceptors (Lipinski definition) is 5. The first-order chi connectivity index (χ1) is 17.9. The number of aromatic nitrogens is 1. The number of nitrogens with zero attached hydrogens (tertiary/aromatic N) is 1. The van der Waals surface area contributed by atoms with Crippen molar-refractivity contribution in [3.05, 3.63) is 82.6 Å². The zero-order chi connectivity index (χ0) is 28.0. The second-order valence-corrected chi connectivity index (χ2v) is 9.01. The zero-order valence-corrected chi connectivity index (χ0v) is 20.7. The number of rotatable bonds is 9. The fourth-order valence-electron chi connectivity index (χ4n) is 3.78. The second kappa shape index (κ2) is 11.8. The maximum atomic E-state index is 13.3. The van der Waals surface area contributed by atoms with Crippen LogP contribution < -0.4 is 21.9 Å². The summed E-state index contributed by atoms with van der Waals surface area (Å²) in [5.41, 5.74) is 6.84. The van der Waals surface area contributed by atoms with Gasteiger partial charge in [0.15, 0.2) is 0 Å². The molecule has 0 aliphatic rings. The van der Waals surface area contributed by atoms with Gasteiger partial charge in [-0.05, 0) is 41.3 Å². The number of ketones is 1. The third-order valence-corrected chi connectivity index (χ3v) is 5.71. The van der Waals surface area contributed by atoms with Crippen molar-refractivity contribution in [2.45, 2.75) is 39.0 Å². The molecule has 38 heavy (non-hydrogen) atoms. The lowest BCUT2D eigenvalue weighted by Crippen LogP contribution is -2.50. The average Bonchev–Trinajstić information content (AvgIpc) is 2.86. The Morgan fingerprint density at radius 1 is 0.921 bits per heavy atom. The van der Waals surface area contributed by atoms with E-state index in [-0.39, 0.29) is 12.1 Å². The van der Waals surface area contributed by atoms with E-state index in [1.165, 1.54) is 26.0 Å². The number of alkyl halides is 3. The van der Waals surface area contributed by atoms with Crippen LogP contribution in [-0.2, 0) is 27.3 Å². The van der Waals surface area contributed by atoms with Crippen molar-refractivity contribution in [2.75, 3.05) is 11.1 Å². The molecule has 3 aromatic rings. The van der Waals surface area contributed by atoms with Crippen molar-refractivity contribution < 1.29 is 27.6 Å². The summed E-state index contributed by atoms with van der Waals surface area (Å²) < 4.78 is 40.1. The lowest BCUT2D eigenvalue weighted by atomic mass is 9.99. The molecule has 0 bridgehead atoms. The minimum absolute atomic E-state index is 0.0454. The third-order valence-electron chi connectivity index (χ3n) is 5.71. The normalized spacial score (nSPS) is 12.2. The van der Waals surface area contributed by atoms with Gasteiger partial charge in [-0.2, -0.15) is 13.2 Å². The molecule has 0 spiro atoms. The molecule has 0 radical (unpaired) electrons. The van der Waals surface area contributed by atoms with E-state index >= 15 is 0 Å². The summed E-state index contributed by atoms with van der Waals surface area (Å²) in [5.74, 6) is -4.39. The van der Waals surface area contributed by atoms with Gasteiger partial charge in [0.1, 0.15) is 12.2 Å². The van der Waals surface area contributed by atoms with Crippen LogP contribution in [0, 0.1) is 5.92 Å². The molecule has 8 nitrogen and oxygen atoms in total. The number of hydrogen-bond donors (Lipinski definition) is 3. The fraction of sp³-hybridized carbons (Fsp3) is 0.259. The molecule has 1 heterocycles. The van der Waals surface area contributed by atoms with Crippen molar-refractivity contribution in [1.82, 2.24) is 9.88 Å². The van der Waals surface area contributed by atoms with Crippen LogP contribution in [0.15, 0.2) is 71.5 Å². The Morgan fingerprint density at radius 2 is 1.55 bits per heavy atom. The quantitative estimate of drug-likeness (QED) is 0.367. The topological polar surface area (TPSA) is 123 Å². The Balaban J connectivity index is 1.91. The van der Waals surface area contributed by atoms with E-state index in [1.807, 2.05) is 0 Å². The maximum Gasteiger partial charge on any atom is 0.452 e. The van der Waals surface area contributed by atoms with Crippen LogP contribution in [0.5, 0.6) is 0 Å². The fourth-order valence-corrected chi connectivity index (χ4v) is 3.78. The minimum atomic E-state index is -5.14. The van der Waals surface area contributed by atoms with Crippen molar-refractivity contribution in [1.29, 1.82) is 0 Å². The van der Waals surface area contributed by atoms with E-state index in [1.54, 1.807) is 54.6 Å². The highest BCUT2D eigenvalue weighted by Crippen LogP contribution is 2.22. The number of pyridine rings is 1. The number of amides is 2. The summed E-state index contributed by atoms with van der Waals surface area (Å²) in [6.45, 7) is 2.06. The first-order valence-electron chi connectivity index (χ1n) is 11.7. The minimum Gasteiger partial charge on any atom is -0.399 e. The van der Waals surface area contributed by atoms with Gasteiger partial charge in [0, 0.05) is 5.69 Å². The highest BCUT2D eigenvalue weighted by Gasteiger charge is 2.45. The van der Waals surface area contributed by atoms with E-state index in [0.29, 0.717) is 22.5 Å². The van der Waals surface area contributed by atoms with Crippen molar-refractivity contribution in [2.24, 2.45) is 5.92 Å². The first-order valence-corrected chi connectivity index (χ1v) is 11.7. The van der Waals surface area contributed by atoms with Crippen molar-refractivity contribution in [3.63, 3.8) is 0 Å². The molecule has 200 valence electrons. The summed E-state index contributed by atoms with van der Waals surface area (Å²) in [5, 5.41) is 4.63. The molecule has 11 heteroatoms. The predicted octanol–water partition coefficient (Wildman–Crippen LogP) is 3.55. The van der Waals surface area contributed by atoms with Gasteiger partial charge in [-0.15, -0.1) is 0 Å². The zero-order valence-electron chi connectivity index (χ0n) is 20.7. The summed E-state index contributed by atoms with van der Waals surface area (Å²) >= 11 is 0. The lowest BCUT2D eigenvalue weighted by molar-refractivity contribution is -0.174. The highest BCUT2D eigenvalue weighted by atomic mass is 19.4. The molecule has 1 unspecified atom stereocenters. The predicted molar refractivity (Wildman–Crippen MR) is 137 cm³/mol.